The largest absolute Gasteiger partial charge is 0.375 e. The Labute approximate surface area is 125 Å². The smallest absolute Gasteiger partial charge is 0.144 e. The molecule has 0 radical (unpaired) electrons. The summed E-state index contributed by atoms with van der Waals surface area (Å²) >= 11 is 0. The van der Waals surface area contributed by atoms with Crippen LogP contribution in [-0.2, 0) is 23.0 Å². The summed E-state index contributed by atoms with van der Waals surface area (Å²) in [5.74, 6) is 0.478. The van der Waals surface area contributed by atoms with E-state index in [-0.39, 0.29) is 29.8 Å². The average Bonchev–Trinajstić information content (AvgIpc) is 2.89. The molecule has 1 saturated heterocycles. The van der Waals surface area contributed by atoms with Gasteiger partial charge in [-0.25, -0.2) is 0 Å². The molecule has 4 atom stereocenters. The first-order valence-corrected chi connectivity index (χ1v) is 7.58. The number of ether oxygens (including phenoxy) is 1. The van der Waals surface area contributed by atoms with Crippen molar-refractivity contribution in [2.45, 2.75) is 39.4 Å². The zero-order chi connectivity index (χ0) is 15.1. The Kier molecular flexibility index (Phi) is 3.57. The molecule has 112 valence electrons. The molecule has 21 heavy (non-hydrogen) atoms. The van der Waals surface area contributed by atoms with E-state index in [1.165, 1.54) is 0 Å². The highest BCUT2D eigenvalue weighted by atomic mass is 16.5. The van der Waals surface area contributed by atoms with Crippen molar-refractivity contribution in [2.24, 2.45) is 18.9 Å². The predicted molar refractivity (Wildman–Crippen MR) is 82.1 cm³/mol. The standard InChI is InChI=1S/C17H22N2O2/c1-10-11(2)21-12(3)17(10)16(20)9-14-13-7-5-6-8-15(13)19(4)18-14/h5-8,10-12,17H,9H2,1-4H3. The molecule has 1 aliphatic heterocycles. The van der Waals surface area contributed by atoms with Gasteiger partial charge < -0.3 is 4.74 Å². The number of aromatic nitrogens is 2. The summed E-state index contributed by atoms with van der Waals surface area (Å²) in [5.41, 5.74) is 1.94. The number of carbonyl (C=O) groups is 1. The number of hydrogen-bond acceptors (Lipinski definition) is 3. The van der Waals surface area contributed by atoms with Crippen molar-refractivity contribution in [3.8, 4) is 0 Å². The van der Waals surface area contributed by atoms with Gasteiger partial charge in [0.05, 0.1) is 29.8 Å². The van der Waals surface area contributed by atoms with E-state index < -0.39 is 0 Å². The second-order valence-corrected chi connectivity index (χ2v) is 6.16. The first-order chi connectivity index (χ1) is 9.99. The van der Waals surface area contributed by atoms with Gasteiger partial charge in [-0.2, -0.15) is 5.10 Å². The van der Waals surface area contributed by atoms with E-state index >= 15 is 0 Å². The number of para-hydroxylation sites is 1. The molecule has 1 aromatic heterocycles. The highest BCUT2D eigenvalue weighted by molar-refractivity contribution is 5.90. The van der Waals surface area contributed by atoms with Gasteiger partial charge in [0, 0.05) is 18.4 Å². The van der Waals surface area contributed by atoms with Crippen molar-refractivity contribution in [3.05, 3.63) is 30.0 Å². The molecule has 0 bridgehead atoms. The van der Waals surface area contributed by atoms with E-state index in [2.05, 4.69) is 12.0 Å². The number of benzene rings is 1. The van der Waals surface area contributed by atoms with Gasteiger partial charge in [0.1, 0.15) is 5.78 Å². The first kappa shape index (κ1) is 14.3. The normalized spacial score (nSPS) is 29.1. The number of Topliss-reactive ketones (excluding diaryl/α,β-unsaturated/α-hetero) is 1. The molecule has 0 amide bonds. The number of carbonyl (C=O) groups excluding carboxylic acids is 1. The maximum Gasteiger partial charge on any atom is 0.144 e. The minimum atomic E-state index is -0.0271. The minimum Gasteiger partial charge on any atom is -0.375 e. The third-order valence-corrected chi connectivity index (χ3v) is 4.79. The minimum absolute atomic E-state index is 0.00234. The Hall–Kier alpha value is -1.68. The third kappa shape index (κ3) is 2.38. The lowest BCUT2D eigenvalue weighted by atomic mass is 9.84. The molecule has 4 nitrogen and oxygen atoms in total. The fraction of sp³-hybridized carbons (Fsp3) is 0.529. The van der Waals surface area contributed by atoms with E-state index in [1.54, 1.807) is 0 Å². The molecule has 4 heteroatoms. The van der Waals surface area contributed by atoms with Crippen LogP contribution in [0.4, 0.5) is 0 Å². The SMILES string of the molecule is CC1OC(C)C(C(=O)Cc2nn(C)c3ccccc23)C1C. The van der Waals surface area contributed by atoms with Crippen LogP contribution in [0.2, 0.25) is 0 Å². The second-order valence-electron chi connectivity index (χ2n) is 6.16. The van der Waals surface area contributed by atoms with Gasteiger partial charge in [-0.05, 0) is 25.8 Å². The maximum absolute atomic E-state index is 12.7. The van der Waals surface area contributed by atoms with Gasteiger partial charge in [-0.1, -0.05) is 25.1 Å². The summed E-state index contributed by atoms with van der Waals surface area (Å²) in [5, 5.41) is 5.60. The third-order valence-electron chi connectivity index (χ3n) is 4.79. The molecule has 0 spiro atoms. The van der Waals surface area contributed by atoms with Gasteiger partial charge in [0.15, 0.2) is 0 Å². The van der Waals surface area contributed by atoms with Crippen molar-refractivity contribution >= 4 is 16.7 Å². The molecule has 1 aromatic carbocycles. The Morgan fingerprint density at radius 1 is 1.24 bits per heavy atom. The average molecular weight is 286 g/mol. The van der Waals surface area contributed by atoms with Gasteiger partial charge in [0.2, 0.25) is 0 Å². The van der Waals surface area contributed by atoms with E-state index in [4.69, 9.17) is 4.74 Å². The summed E-state index contributed by atoms with van der Waals surface area (Å²) in [7, 11) is 1.92. The zero-order valence-corrected chi connectivity index (χ0v) is 13.0. The fourth-order valence-electron chi connectivity index (χ4n) is 3.52. The monoisotopic (exact) mass is 286 g/mol. The Bertz CT molecular complexity index is 676. The summed E-state index contributed by atoms with van der Waals surface area (Å²) < 4.78 is 7.64. The van der Waals surface area contributed by atoms with E-state index in [1.807, 2.05) is 49.8 Å². The van der Waals surface area contributed by atoms with Crippen LogP contribution in [0.5, 0.6) is 0 Å². The molecular weight excluding hydrogens is 264 g/mol. The number of nitrogens with zero attached hydrogens (tertiary/aromatic N) is 2. The lowest BCUT2D eigenvalue weighted by molar-refractivity contribution is -0.124. The summed E-state index contributed by atoms with van der Waals surface area (Å²) in [6.07, 6.45) is 0.531. The molecular formula is C17H22N2O2. The van der Waals surface area contributed by atoms with Gasteiger partial charge in [-0.15, -0.1) is 0 Å². The first-order valence-electron chi connectivity index (χ1n) is 7.58. The van der Waals surface area contributed by atoms with E-state index in [9.17, 15) is 4.79 Å². The van der Waals surface area contributed by atoms with Crippen LogP contribution in [0, 0.1) is 11.8 Å². The molecule has 0 N–H and O–H groups in total. The van der Waals surface area contributed by atoms with E-state index in [0.717, 1.165) is 16.6 Å². The Morgan fingerprint density at radius 2 is 1.95 bits per heavy atom. The van der Waals surface area contributed by atoms with E-state index in [0.29, 0.717) is 6.42 Å². The topological polar surface area (TPSA) is 44.1 Å². The quantitative estimate of drug-likeness (QED) is 0.871. The van der Waals surface area contributed by atoms with Gasteiger partial charge in [0.25, 0.3) is 0 Å². The fourth-order valence-corrected chi connectivity index (χ4v) is 3.52. The lowest BCUT2D eigenvalue weighted by Gasteiger charge is -2.16. The summed E-state index contributed by atoms with van der Waals surface area (Å²) in [4.78, 5) is 12.7. The molecule has 2 aromatic rings. The van der Waals surface area contributed by atoms with Crippen molar-refractivity contribution in [2.75, 3.05) is 0 Å². The Balaban J connectivity index is 1.87. The number of rotatable bonds is 3. The lowest BCUT2D eigenvalue weighted by Crippen LogP contribution is -2.28. The zero-order valence-electron chi connectivity index (χ0n) is 13.0. The second kappa shape index (κ2) is 5.26. The van der Waals surface area contributed by atoms with Crippen LogP contribution in [0.1, 0.15) is 26.5 Å². The Morgan fingerprint density at radius 3 is 2.62 bits per heavy atom. The van der Waals surface area contributed by atoms with Crippen molar-refractivity contribution < 1.29 is 9.53 Å². The number of fused-ring (bicyclic) bond motifs is 1. The number of ketones is 1. The molecule has 4 unspecified atom stereocenters. The van der Waals surface area contributed by atoms with Crippen LogP contribution in [-0.4, -0.2) is 27.8 Å². The maximum atomic E-state index is 12.7. The summed E-state index contributed by atoms with van der Waals surface area (Å²) in [6.45, 7) is 6.15. The molecule has 0 saturated carbocycles. The molecule has 1 fully saturated rings. The molecule has 1 aliphatic rings. The molecule has 2 heterocycles. The van der Waals surface area contributed by atoms with Crippen LogP contribution in [0.25, 0.3) is 10.9 Å². The van der Waals surface area contributed by atoms with Crippen molar-refractivity contribution in [1.29, 1.82) is 0 Å². The molecule has 0 aliphatic carbocycles. The number of aryl methyl sites for hydroxylation is 1. The van der Waals surface area contributed by atoms with Crippen LogP contribution in [0.3, 0.4) is 0 Å². The van der Waals surface area contributed by atoms with Crippen molar-refractivity contribution in [3.63, 3.8) is 0 Å². The highest BCUT2D eigenvalue weighted by Gasteiger charge is 2.41. The molecule has 3 rings (SSSR count). The van der Waals surface area contributed by atoms with Gasteiger partial charge >= 0.3 is 0 Å². The van der Waals surface area contributed by atoms with Gasteiger partial charge in [-0.3, -0.25) is 9.48 Å². The number of hydrogen-bond donors (Lipinski definition) is 0. The van der Waals surface area contributed by atoms with Crippen molar-refractivity contribution in [1.82, 2.24) is 9.78 Å². The van der Waals surface area contributed by atoms with Crippen LogP contribution in [0.15, 0.2) is 24.3 Å². The predicted octanol–water partition coefficient (Wildman–Crippen LogP) is 2.74. The van der Waals surface area contributed by atoms with Crippen LogP contribution >= 0.6 is 0 Å². The van der Waals surface area contributed by atoms with Crippen LogP contribution < -0.4 is 0 Å². The highest BCUT2D eigenvalue weighted by Crippen LogP contribution is 2.33. The summed E-state index contributed by atoms with van der Waals surface area (Å²) in [6, 6.07) is 8.05.